The average molecular weight is 984 g/mol. The molecule has 4 aliphatic rings. The third-order valence-electron chi connectivity index (χ3n) is 15.1. The zero-order valence-corrected chi connectivity index (χ0v) is 43.9. The van der Waals surface area contributed by atoms with Crippen molar-refractivity contribution in [1.29, 1.82) is 0 Å². The SMILES string of the molecule is CC(C)(C)C1CCC(Oc2ccc3cc(CBr)ccc3c2)CC1.COC(=O)CC1CCCCN1.COC(=O)CC1CCCCN1Cc1ccc2cc(OC3CCC(C(C)(C)C)CC3)ccc2c1. The molecule has 9 heteroatoms. The van der Waals surface area contributed by atoms with Gasteiger partial charge < -0.3 is 24.3 Å². The molecule has 8 rings (SSSR count). The highest BCUT2D eigenvalue weighted by atomic mass is 79.9. The van der Waals surface area contributed by atoms with Gasteiger partial charge in [0.2, 0.25) is 0 Å². The number of esters is 2. The van der Waals surface area contributed by atoms with Crippen LogP contribution in [0.3, 0.4) is 0 Å². The van der Waals surface area contributed by atoms with Crippen molar-refractivity contribution < 1.29 is 28.5 Å². The maximum Gasteiger partial charge on any atom is 0.307 e. The Morgan fingerprint density at radius 3 is 1.55 bits per heavy atom. The third kappa shape index (κ3) is 16.5. The summed E-state index contributed by atoms with van der Waals surface area (Å²) in [6.07, 6.45) is 18.5. The molecule has 1 N–H and O–H groups in total. The molecule has 2 saturated carbocycles. The quantitative estimate of drug-likeness (QED) is 0.117. The number of benzene rings is 4. The van der Waals surface area contributed by atoms with Gasteiger partial charge in [0.1, 0.15) is 11.5 Å². The van der Waals surface area contributed by atoms with Crippen LogP contribution in [0, 0.1) is 22.7 Å². The Bertz CT molecular complexity index is 2160. The summed E-state index contributed by atoms with van der Waals surface area (Å²) in [6, 6.07) is 27.0. The van der Waals surface area contributed by atoms with Crippen LogP contribution >= 0.6 is 15.9 Å². The summed E-state index contributed by atoms with van der Waals surface area (Å²) in [5.41, 5.74) is 3.44. The Morgan fingerprint density at radius 1 is 0.582 bits per heavy atom. The van der Waals surface area contributed by atoms with Crippen LogP contribution in [0.15, 0.2) is 72.8 Å². The normalized spacial score (nSPS) is 23.8. The lowest BCUT2D eigenvalue weighted by Gasteiger charge is -2.37. The first-order chi connectivity index (χ1) is 32.1. The number of halogens is 1. The van der Waals surface area contributed by atoms with E-state index in [0.717, 1.165) is 74.0 Å². The monoisotopic (exact) mass is 983 g/mol. The number of hydrogen-bond acceptors (Lipinski definition) is 8. The Balaban J connectivity index is 0.000000188. The van der Waals surface area contributed by atoms with E-state index in [1.165, 1.54) is 111 Å². The van der Waals surface area contributed by atoms with Gasteiger partial charge in [-0.3, -0.25) is 14.5 Å². The summed E-state index contributed by atoms with van der Waals surface area (Å²) < 4.78 is 22.1. The number of methoxy groups -OCH3 is 2. The molecule has 4 aromatic rings. The number of likely N-dealkylation sites (tertiary alicyclic amines) is 1. The van der Waals surface area contributed by atoms with Gasteiger partial charge in [-0.15, -0.1) is 0 Å². The first-order valence-corrected chi connectivity index (χ1v) is 26.8. The summed E-state index contributed by atoms with van der Waals surface area (Å²) in [7, 11) is 2.92. The average Bonchev–Trinajstić information content (AvgIpc) is 3.32. The van der Waals surface area contributed by atoms with E-state index in [-0.39, 0.29) is 18.0 Å². The number of alkyl halides is 1. The molecule has 0 radical (unpaired) electrons. The van der Waals surface area contributed by atoms with E-state index in [1.54, 1.807) is 0 Å². The van der Waals surface area contributed by atoms with Crippen LogP contribution in [-0.2, 0) is 30.9 Å². The van der Waals surface area contributed by atoms with Crippen molar-refractivity contribution in [2.24, 2.45) is 22.7 Å². The van der Waals surface area contributed by atoms with Crippen LogP contribution in [0.5, 0.6) is 11.5 Å². The highest BCUT2D eigenvalue weighted by Crippen LogP contribution is 2.40. The molecule has 8 nitrogen and oxygen atoms in total. The lowest BCUT2D eigenvalue weighted by atomic mass is 9.72. The standard InChI is InChI=1S/C29H41NO3.C21H27BrO.C8H15NO2/c1-29(2,3)24-11-14-26(15-12-24)33-27-13-10-22-17-21(8-9-23(22)18-27)20-30-16-6-5-7-25(30)19-28(31)32-4;1-21(2,3)18-7-10-19(11-8-18)23-20-9-6-16-12-15(14-22)4-5-17(16)13-20;1-11-8(10)6-7-4-2-3-5-9-7/h8-10,13,17-18,24-26H,5-7,11-12,14-16,19-20H2,1-4H3;4-6,9,12-13,18-19H,7-8,10-11,14H2,1-3H3;7,9H,2-6H2,1H3. The first-order valence-electron chi connectivity index (χ1n) is 25.7. The fraction of sp³-hybridized carbons (Fsp3) is 0.621. The van der Waals surface area contributed by atoms with Crippen LogP contribution in [0.4, 0.5) is 0 Å². The molecule has 2 aliphatic carbocycles. The van der Waals surface area contributed by atoms with Crippen molar-refractivity contribution in [1.82, 2.24) is 10.2 Å². The Morgan fingerprint density at radius 2 is 1.06 bits per heavy atom. The summed E-state index contributed by atoms with van der Waals surface area (Å²) in [5.74, 6) is 3.43. The molecule has 0 bridgehead atoms. The topological polar surface area (TPSA) is 86.3 Å². The molecule has 2 heterocycles. The van der Waals surface area contributed by atoms with E-state index in [1.807, 2.05) is 0 Å². The minimum absolute atomic E-state index is 0.107. The number of carbonyl (C=O) groups is 2. The fourth-order valence-electron chi connectivity index (χ4n) is 10.7. The molecular formula is C58H83BrN2O6. The van der Waals surface area contributed by atoms with Gasteiger partial charge in [0.25, 0.3) is 0 Å². The minimum atomic E-state index is -0.107. The molecule has 2 atom stereocenters. The van der Waals surface area contributed by atoms with Gasteiger partial charge in [-0.25, -0.2) is 0 Å². The second kappa shape index (κ2) is 25.3. The first kappa shape index (κ1) is 52.7. The van der Waals surface area contributed by atoms with Crippen LogP contribution in [0.2, 0.25) is 0 Å². The van der Waals surface area contributed by atoms with Crippen molar-refractivity contribution in [2.45, 2.75) is 180 Å². The summed E-state index contributed by atoms with van der Waals surface area (Å²) >= 11 is 3.52. The minimum Gasteiger partial charge on any atom is -0.490 e. The highest BCUT2D eigenvalue weighted by molar-refractivity contribution is 9.08. The van der Waals surface area contributed by atoms with E-state index >= 15 is 0 Å². The van der Waals surface area contributed by atoms with Gasteiger partial charge in [-0.1, -0.05) is 113 Å². The number of piperidine rings is 2. The van der Waals surface area contributed by atoms with Crippen LogP contribution in [0.25, 0.3) is 21.5 Å². The van der Waals surface area contributed by atoms with Gasteiger partial charge in [0.05, 0.1) is 39.3 Å². The Kier molecular flexibility index (Phi) is 19.9. The summed E-state index contributed by atoms with van der Waals surface area (Å²) in [6.45, 7) is 17.2. The zero-order valence-electron chi connectivity index (χ0n) is 42.3. The lowest BCUT2D eigenvalue weighted by Crippen LogP contribution is -2.40. The van der Waals surface area contributed by atoms with Gasteiger partial charge in [0.15, 0.2) is 0 Å². The number of rotatable bonds is 11. The maximum atomic E-state index is 11.8. The Labute approximate surface area is 412 Å². The van der Waals surface area contributed by atoms with E-state index in [9.17, 15) is 9.59 Å². The highest BCUT2D eigenvalue weighted by Gasteiger charge is 2.32. The van der Waals surface area contributed by atoms with Gasteiger partial charge >= 0.3 is 11.9 Å². The van der Waals surface area contributed by atoms with Crippen molar-refractivity contribution in [3.63, 3.8) is 0 Å². The van der Waals surface area contributed by atoms with Crippen molar-refractivity contribution in [3.05, 3.63) is 83.9 Å². The second-order valence-electron chi connectivity index (χ2n) is 22.1. The van der Waals surface area contributed by atoms with Crippen LogP contribution in [0.1, 0.15) is 155 Å². The molecule has 4 fully saturated rings. The number of nitrogens with one attached hydrogen (secondary N) is 1. The predicted molar refractivity (Wildman–Crippen MR) is 279 cm³/mol. The molecule has 0 amide bonds. The van der Waals surface area contributed by atoms with Crippen molar-refractivity contribution in [2.75, 3.05) is 27.3 Å². The number of nitrogens with zero attached hydrogens (tertiary/aromatic N) is 1. The van der Waals surface area contributed by atoms with E-state index < -0.39 is 0 Å². The third-order valence-corrected chi connectivity index (χ3v) is 15.8. The Hall–Kier alpha value is -3.66. The van der Waals surface area contributed by atoms with E-state index in [4.69, 9.17) is 14.2 Å². The molecule has 2 saturated heterocycles. The number of carbonyl (C=O) groups excluding carboxylic acids is 2. The number of ether oxygens (including phenoxy) is 4. The molecular weight excluding hydrogens is 901 g/mol. The summed E-state index contributed by atoms with van der Waals surface area (Å²) in [4.78, 5) is 25.1. The molecule has 368 valence electrons. The fourth-order valence-corrected chi connectivity index (χ4v) is 11.1. The van der Waals surface area contributed by atoms with E-state index in [0.29, 0.717) is 41.9 Å². The molecule has 2 aliphatic heterocycles. The second-order valence-corrected chi connectivity index (χ2v) is 22.6. The molecule has 67 heavy (non-hydrogen) atoms. The largest absolute Gasteiger partial charge is 0.490 e. The van der Waals surface area contributed by atoms with E-state index in [2.05, 4.69) is 145 Å². The molecule has 0 aromatic heterocycles. The molecule has 0 spiro atoms. The maximum absolute atomic E-state index is 11.8. The van der Waals surface area contributed by atoms with Gasteiger partial charge in [-0.05, 0) is 176 Å². The van der Waals surface area contributed by atoms with Crippen LogP contribution in [-0.4, -0.2) is 68.4 Å². The number of hydrogen-bond donors (Lipinski definition) is 1. The summed E-state index contributed by atoms with van der Waals surface area (Å²) in [5, 5.41) is 9.20. The number of fused-ring (bicyclic) bond motifs is 2. The van der Waals surface area contributed by atoms with Gasteiger partial charge in [0, 0.05) is 24.0 Å². The van der Waals surface area contributed by atoms with Gasteiger partial charge in [-0.2, -0.15) is 0 Å². The van der Waals surface area contributed by atoms with Crippen molar-refractivity contribution >= 4 is 49.4 Å². The van der Waals surface area contributed by atoms with Crippen LogP contribution < -0.4 is 14.8 Å². The zero-order chi connectivity index (χ0) is 48.0. The smallest absolute Gasteiger partial charge is 0.307 e. The lowest BCUT2D eigenvalue weighted by molar-refractivity contribution is -0.143. The molecule has 2 unspecified atom stereocenters. The molecule has 4 aromatic carbocycles. The van der Waals surface area contributed by atoms with Crippen molar-refractivity contribution in [3.8, 4) is 11.5 Å². The predicted octanol–water partition coefficient (Wildman–Crippen LogP) is 14.2.